The van der Waals surface area contributed by atoms with Crippen LogP contribution in [-0.4, -0.2) is 16.5 Å². The van der Waals surface area contributed by atoms with Gasteiger partial charge in [0.1, 0.15) is 5.69 Å². The van der Waals surface area contributed by atoms with Gasteiger partial charge in [-0.05, 0) is 18.6 Å². The van der Waals surface area contributed by atoms with E-state index < -0.39 is 5.82 Å². The third-order valence-electron chi connectivity index (χ3n) is 2.08. The van der Waals surface area contributed by atoms with Gasteiger partial charge in [0.15, 0.2) is 5.82 Å². The van der Waals surface area contributed by atoms with E-state index in [4.69, 9.17) is 11.6 Å². The average molecular weight is 272 g/mol. The van der Waals surface area contributed by atoms with Gasteiger partial charge in [0.2, 0.25) is 5.95 Å². The summed E-state index contributed by atoms with van der Waals surface area (Å²) in [7, 11) is 0. The summed E-state index contributed by atoms with van der Waals surface area (Å²) in [6.45, 7) is 2.80. The number of hydrogen-bond donors (Lipinski definition) is 1. The van der Waals surface area contributed by atoms with Crippen molar-refractivity contribution in [2.75, 3.05) is 11.9 Å². The lowest BCUT2D eigenvalue weighted by Gasteiger charge is -2.04. The molecule has 2 heterocycles. The Morgan fingerprint density at radius 2 is 2.29 bits per heavy atom. The van der Waals surface area contributed by atoms with Gasteiger partial charge in [-0.3, -0.25) is 0 Å². The number of nitrogens with one attached hydrogen (secondary N) is 1. The summed E-state index contributed by atoms with van der Waals surface area (Å²) in [4.78, 5) is 8.73. The molecule has 90 valence electrons. The zero-order chi connectivity index (χ0) is 12.3. The average Bonchev–Trinajstić information content (AvgIpc) is 2.75. The number of anilines is 1. The molecule has 0 amide bonds. The molecule has 0 unspecified atom stereocenters. The van der Waals surface area contributed by atoms with E-state index in [1.54, 1.807) is 12.1 Å². The Morgan fingerprint density at radius 1 is 1.47 bits per heavy atom. The zero-order valence-electron chi connectivity index (χ0n) is 9.20. The molecule has 0 atom stereocenters. The highest BCUT2D eigenvalue weighted by Gasteiger charge is 2.11. The fourth-order valence-corrected chi connectivity index (χ4v) is 2.34. The molecule has 0 aliphatic rings. The van der Waals surface area contributed by atoms with Gasteiger partial charge in [0.25, 0.3) is 0 Å². The second kappa shape index (κ2) is 5.42. The van der Waals surface area contributed by atoms with Crippen LogP contribution in [0.15, 0.2) is 18.3 Å². The Labute approximate surface area is 108 Å². The van der Waals surface area contributed by atoms with Crippen molar-refractivity contribution in [1.29, 1.82) is 0 Å². The van der Waals surface area contributed by atoms with Crippen LogP contribution in [0, 0.1) is 5.82 Å². The first-order valence-corrected chi connectivity index (χ1v) is 6.42. The number of hydrogen-bond acceptors (Lipinski definition) is 4. The van der Waals surface area contributed by atoms with Gasteiger partial charge in [-0.1, -0.05) is 18.5 Å². The second-order valence-corrected chi connectivity index (χ2v) is 5.14. The Kier molecular flexibility index (Phi) is 3.91. The summed E-state index contributed by atoms with van der Waals surface area (Å²) in [6.07, 6.45) is 2.13. The van der Waals surface area contributed by atoms with Crippen LogP contribution in [0.2, 0.25) is 4.34 Å². The summed E-state index contributed by atoms with van der Waals surface area (Å²) < 4.78 is 14.2. The molecule has 0 aliphatic carbocycles. The number of rotatable bonds is 4. The predicted molar refractivity (Wildman–Crippen MR) is 69.1 cm³/mol. The zero-order valence-corrected chi connectivity index (χ0v) is 10.8. The summed E-state index contributed by atoms with van der Waals surface area (Å²) in [6, 6.07) is 3.48. The Balaban J connectivity index is 2.32. The quantitative estimate of drug-likeness (QED) is 0.919. The first-order chi connectivity index (χ1) is 8.20. The van der Waals surface area contributed by atoms with Crippen LogP contribution in [0.5, 0.6) is 0 Å². The number of thiophene rings is 1. The van der Waals surface area contributed by atoms with Gasteiger partial charge in [0.05, 0.1) is 15.4 Å². The van der Waals surface area contributed by atoms with E-state index in [0.717, 1.165) is 13.0 Å². The molecule has 2 rings (SSSR count). The third-order valence-corrected chi connectivity index (χ3v) is 3.32. The van der Waals surface area contributed by atoms with Gasteiger partial charge in [0, 0.05) is 6.54 Å². The van der Waals surface area contributed by atoms with Crippen LogP contribution >= 0.6 is 22.9 Å². The van der Waals surface area contributed by atoms with Gasteiger partial charge < -0.3 is 5.32 Å². The predicted octanol–water partition coefficient (Wildman–Crippen LogP) is 3.82. The normalized spacial score (nSPS) is 10.5. The van der Waals surface area contributed by atoms with Crippen LogP contribution in [0.3, 0.4) is 0 Å². The van der Waals surface area contributed by atoms with Gasteiger partial charge in [-0.25, -0.2) is 14.4 Å². The highest BCUT2D eigenvalue weighted by molar-refractivity contribution is 7.19. The molecule has 0 saturated carbocycles. The monoisotopic (exact) mass is 271 g/mol. The lowest BCUT2D eigenvalue weighted by Crippen LogP contribution is -2.05. The molecule has 0 radical (unpaired) electrons. The minimum absolute atomic E-state index is 0.288. The highest BCUT2D eigenvalue weighted by Crippen LogP contribution is 2.31. The van der Waals surface area contributed by atoms with Crippen molar-refractivity contribution in [3.8, 4) is 10.6 Å². The lowest BCUT2D eigenvalue weighted by molar-refractivity contribution is 0.619. The molecule has 0 fully saturated rings. The van der Waals surface area contributed by atoms with E-state index in [0.29, 0.717) is 15.2 Å². The third kappa shape index (κ3) is 2.92. The van der Waals surface area contributed by atoms with E-state index in [-0.39, 0.29) is 5.69 Å². The maximum absolute atomic E-state index is 13.6. The van der Waals surface area contributed by atoms with Crippen molar-refractivity contribution >= 4 is 28.9 Å². The van der Waals surface area contributed by atoms with Crippen LogP contribution in [-0.2, 0) is 0 Å². The van der Waals surface area contributed by atoms with Crippen LogP contribution in [0.25, 0.3) is 10.6 Å². The van der Waals surface area contributed by atoms with Gasteiger partial charge >= 0.3 is 0 Å². The second-order valence-electron chi connectivity index (χ2n) is 3.42. The molecule has 2 aromatic rings. The fourth-order valence-electron chi connectivity index (χ4n) is 1.30. The molecule has 6 heteroatoms. The topological polar surface area (TPSA) is 37.8 Å². The number of nitrogens with zero attached hydrogens (tertiary/aromatic N) is 2. The summed E-state index contributed by atoms with van der Waals surface area (Å²) in [5, 5.41) is 3.02. The smallest absolute Gasteiger partial charge is 0.223 e. The van der Waals surface area contributed by atoms with Crippen LogP contribution in [0.4, 0.5) is 10.3 Å². The molecule has 1 N–H and O–H groups in total. The van der Waals surface area contributed by atoms with Crippen molar-refractivity contribution in [3.05, 3.63) is 28.5 Å². The molecule has 0 aliphatic heterocycles. The summed E-state index contributed by atoms with van der Waals surface area (Å²) in [5.74, 6) is -0.00154. The molecule has 0 saturated heterocycles. The molecule has 17 heavy (non-hydrogen) atoms. The fraction of sp³-hybridized carbons (Fsp3) is 0.273. The van der Waals surface area contributed by atoms with Gasteiger partial charge in [-0.15, -0.1) is 11.3 Å². The van der Waals surface area contributed by atoms with Crippen molar-refractivity contribution in [3.63, 3.8) is 0 Å². The standard InChI is InChI=1S/C11H11ClFN3S/c1-2-5-14-11-15-6-7(13)10(16-11)8-3-4-9(12)17-8/h3-4,6H,2,5H2,1H3,(H,14,15,16). The molecule has 2 aromatic heterocycles. The van der Waals surface area contributed by atoms with E-state index in [1.165, 1.54) is 17.5 Å². The summed E-state index contributed by atoms with van der Waals surface area (Å²) >= 11 is 7.12. The van der Waals surface area contributed by atoms with E-state index in [9.17, 15) is 4.39 Å². The molecule has 0 bridgehead atoms. The van der Waals surface area contributed by atoms with E-state index in [2.05, 4.69) is 15.3 Å². The Morgan fingerprint density at radius 3 is 2.94 bits per heavy atom. The molecular weight excluding hydrogens is 261 g/mol. The number of halogens is 2. The first kappa shape index (κ1) is 12.3. The molecule has 3 nitrogen and oxygen atoms in total. The molecule has 0 aromatic carbocycles. The molecule has 0 spiro atoms. The SMILES string of the molecule is CCCNc1ncc(F)c(-c2ccc(Cl)s2)n1. The summed E-state index contributed by atoms with van der Waals surface area (Å²) in [5.41, 5.74) is 0.288. The minimum Gasteiger partial charge on any atom is -0.354 e. The van der Waals surface area contributed by atoms with Crippen LogP contribution < -0.4 is 5.32 Å². The van der Waals surface area contributed by atoms with Crippen molar-refractivity contribution in [2.45, 2.75) is 13.3 Å². The lowest BCUT2D eigenvalue weighted by atomic mass is 10.3. The Bertz CT molecular complexity index is 515. The minimum atomic E-state index is -0.439. The Hall–Kier alpha value is -1.20. The van der Waals surface area contributed by atoms with Crippen LogP contribution in [0.1, 0.15) is 13.3 Å². The maximum atomic E-state index is 13.6. The van der Waals surface area contributed by atoms with Crippen molar-refractivity contribution < 1.29 is 4.39 Å². The highest BCUT2D eigenvalue weighted by atomic mass is 35.5. The van der Waals surface area contributed by atoms with Crippen molar-refractivity contribution in [2.24, 2.45) is 0 Å². The van der Waals surface area contributed by atoms with Gasteiger partial charge in [-0.2, -0.15) is 0 Å². The number of aromatic nitrogens is 2. The maximum Gasteiger partial charge on any atom is 0.223 e. The van der Waals surface area contributed by atoms with E-state index in [1.807, 2.05) is 6.92 Å². The van der Waals surface area contributed by atoms with E-state index >= 15 is 0 Å². The molecular formula is C11H11ClFN3S. The largest absolute Gasteiger partial charge is 0.354 e. The first-order valence-electron chi connectivity index (χ1n) is 5.23. The van der Waals surface area contributed by atoms with Crippen molar-refractivity contribution in [1.82, 2.24) is 9.97 Å².